The molecule has 2 atom stereocenters. The summed E-state index contributed by atoms with van der Waals surface area (Å²) in [5.41, 5.74) is 0. The molecule has 0 bridgehead atoms. The molecule has 114 valence electrons. The Morgan fingerprint density at radius 2 is 1.68 bits per heavy atom. The number of hydrogen-bond acceptors (Lipinski definition) is 2. The van der Waals surface area contributed by atoms with Gasteiger partial charge in [0.15, 0.2) is 0 Å². The van der Waals surface area contributed by atoms with Gasteiger partial charge in [0.25, 0.3) is 0 Å². The Morgan fingerprint density at radius 3 is 2.21 bits per heavy atom. The topological polar surface area (TPSA) is 15.3 Å². The SMILES string of the molecule is CCC(CC)N(CC(C)C)C1CCCCCC1NC. The van der Waals surface area contributed by atoms with Crippen LogP contribution in [0.2, 0.25) is 0 Å². The maximum absolute atomic E-state index is 3.61. The van der Waals surface area contributed by atoms with Gasteiger partial charge in [0, 0.05) is 24.7 Å². The van der Waals surface area contributed by atoms with E-state index in [4.69, 9.17) is 0 Å². The lowest BCUT2D eigenvalue weighted by Gasteiger charge is -2.42. The van der Waals surface area contributed by atoms with E-state index >= 15 is 0 Å². The Balaban J connectivity index is 2.84. The minimum atomic E-state index is 0.696. The molecular formula is C17H36N2. The summed E-state index contributed by atoms with van der Waals surface area (Å²) >= 11 is 0. The van der Waals surface area contributed by atoms with Gasteiger partial charge < -0.3 is 5.32 Å². The third-order valence-corrected chi connectivity index (χ3v) is 4.76. The maximum Gasteiger partial charge on any atom is 0.0252 e. The van der Waals surface area contributed by atoms with E-state index in [1.165, 1.54) is 51.5 Å². The fourth-order valence-corrected chi connectivity index (χ4v) is 3.76. The first-order chi connectivity index (χ1) is 9.13. The molecule has 1 fully saturated rings. The average Bonchev–Trinajstić information content (AvgIpc) is 2.63. The molecule has 0 amide bonds. The summed E-state index contributed by atoms with van der Waals surface area (Å²) in [5.74, 6) is 0.765. The van der Waals surface area contributed by atoms with E-state index in [2.05, 4.69) is 45.0 Å². The van der Waals surface area contributed by atoms with Crippen molar-refractivity contribution in [2.24, 2.45) is 5.92 Å². The van der Waals surface area contributed by atoms with Crippen molar-refractivity contribution in [1.82, 2.24) is 10.2 Å². The van der Waals surface area contributed by atoms with Gasteiger partial charge in [-0.05, 0) is 38.6 Å². The van der Waals surface area contributed by atoms with Crippen LogP contribution in [-0.4, -0.2) is 36.6 Å². The average molecular weight is 268 g/mol. The van der Waals surface area contributed by atoms with E-state index in [-0.39, 0.29) is 0 Å². The Labute approximate surface area is 121 Å². The van der Waals surface area contributed by atoms with E-state index in [9.17, 15) is 0 Å². The molecule has 0 aromatic carbocycles. The van der Waals surface area contributed by atoms with Gasteiger partial charge in [0.1, 0.15) is 0 Å². The van der Waals surface area contributed by atoms with Crippen molar-refractivity contribution in [2.75, 3.05) is 13.6 Å². The van der Waals surface area contributed by atoms with Gasteiger partial charge in [-0.3, -0.25) is 4.90 Å². The highest BCUT2D eigenvalue weighted by Gasteiger charge is 2.31. The van der Waals surface area contributed by atoms with E-state index < -0.39 is 0 Å². The van der Waals surface area contributed by atoms with E-state index in [0.717, 1.165) is 18.0 Å². The van der Waals surface area contributed by atoms with Gasteiger partial charge >= 0.3 is 0 Å². The molecule has 0 aromatic rings. The van der Waals surface area contributed by atoms with Crippen LogP contribution >= 0.6 is 0 Å². The first-order valence-electron chi connectivity index (χ1n) is 8.56. The number of nitrogens with zero attached hydrogens (tertiary/aromatic N) is 1. The van der Waals surface area contributed by atoms with Crippen LogP contribution in [0.5, 0.6) is 0 Å². The summed E-state index contributed by atoms with van der Waals surface area (Å²) in [5, 5.41) is 3.61. The van der Waals surface area contributed by atoms with Crippen LogP contribution in [0.1, 0.15) is 72.6 Å². The predicted octanol–water partition coefficient (Wildman–Crippen LogP) is 4.05. The zero-order valence-electron chi connectivity index (χ0n) is 13.9. The lowest BCUT2D eigenvalue weighted by Crippen LogP contribution is -2.53. The molecule has 2 nitrogen and oxygen atoms in total. The zero-order valence-corrected chi connectivity index (χ0v) is 13.9. The molecular weight excluding hydrogens is 232 g/mol. The lowest BCUT2D eigenvalue weighted by molar-refractivity contribution is 0.0809. The number of hydrogen-bond donors (Lipinski definition) is 1. The molecule has 1 N–H and O–H groups in total. The fourth-order valence-electron chi connectivity index (χ4n) is 3.76. The molecule has 0 aromatic heterocycles. The lowest BCUT2D eigenvalue weighted by atomic mass is 9.96. The zero-order chi connectivity index (χ0) is 14.3. The highest BCUT2D eigenvalue weighted by Crippen LogP contribution is 2.26. The number of rotatable bonds is 7. The standard InChI is InChI=1S/C17H36N2/c1-6-15(7-2)19(13-14(3)4)17-12-10-8-9-11-16(17)18-5/h14-18H,6-13H2,1-5H3. The first-order valence-corrected chi connectivity index (χ1v) is 8.56. The summed E-state index contributed by atoms with van der Waals surface area (Å²) in [6.45, 7) is 10.7. The summed E-state index contributed by atoms with van der Waals surface area (Å²) in [6.07, 6.45) is 9.56. The van der Waals surface area contributed by atoms with Gasteiger partial charge in [0.2, 0.25) is 0 Å². The van der Waals surface area contributed by atoms with Gasteiger partial charge in [-0.2, -0.15) is 0 Å². The van der Waals surface area contributed by atoms with Crippen molar-refractivity contribution in [3.63, 3.8) is 0 Å². The Hall–Kier alpha value is -0.0800. The quantitative estimate of drug-likeness (QED) is 0.701. The summed E-state index contributed by atoms with van der Waals surface area (Å²) < 4.78 is 0. The van der Waals surface area contributed by atoms with Crippen LogP contribution in [0.25, 0.3) is 0 Å². The molecule has 19 heavy (non-hydrogen) atoms. The molecule has 2 unspecified atom stereocenters. The second-order valence-electron chi connectivity index (χ2n) is 6.66. The molecule has 0 saturated heterocycles. The van der Waals surface area contributed by atoms with Gasteiger partial charge in [-0.1, -0.05) is 47.0 Å². The van der Waals surface area contributed by atoms with Crippen molar-refractivity contribution in [1.29, 1.82) is 0 Å². The molecule has 0 radical (unpaired) electrons. The van der Waals surface area contributed by atoms with Crippen molar-refractivity contribution in [3.8, 4) is 0 Å². The Morgan fingerprint density at radius 1 is 1.05 bits per heavy atom. The van der Waals surface area contributed by atoms with Crippen molar-refractivity contribution >= 4 is 0 Å². The van der Waals surface area contributed by atoms with Gasteiger partial charge in [0.05, 0.1) is 0 Å². The van der Waals surface area contributed by atoms with Crippen molar-refractivity contribution in [2.45, 2.75) is 90.8 Å². The maximum atomic E-state index is 3.61. The van der Waals surface area contributed by atoms with Crippen LogP contribution in [0, 0.1) is 5.92 Å². The number of nitrogens with one attached hydrogen (secondary N) is 1. The fraction of sp³-hybridized carbons (Fsp3) is 1.00. The predicted molar refractivity (Wildman–Crippen MR) is 85.6 cm³/mol. The second kappa shape index (κ2) is 8.97. The second-order valence-corrected chi connectivity index (χ2v) is 6.66. The van der Waals surface area contributed by atoms with Crippen LogP contribution in [0.15, 0.2) is 0 Å². The van der Waals surface area contributed by atoms with E-state index in [1.54, 1.807) is 0 Å². The largest absolute Gasteiger partial charge is 0.315 e. The molecule has 1 saturated carbocycles. The molecule has 1 aliphatic carbocycles. The molecule has 0 heterocycles. The summed E-state index contributed by atoms with van der Waals surface area (Å²) in [4.78, 5) is 2.84. The smallest absolute Gasteiger partial charge is 0.0252 e. The normalized spacial score (nSPS) is 25.3. The number of likely N-dealkylation sites (N-methyl/N-ethyl adjacent to an activating group) is 1. The van der Waals surface area contributed by atoms with Crippen molar-refractivity contribution in [3.05, 3.63) is 0 Å². The van der Waals surface area contributed by atoms with Crippen LogP contribution in [0.4, 0.5) is 0 Å². The third-order valence-electron chi connectivity index (χ3n) is 4.76. The van der Waals surface area contributed by atoms with Gasteiger partial charge in [-0.15, -0.1) is 0 Å². The van der Waals surface area contributed by atoms with Crippen LogP contribution < -0.4 is 5.32 Å². The van der Waals surface area contributed by atoms with Crippen molar-refractivity contribution < 1.29 is 0 Å². The minimum Gasteiger partial charge on any atom is -0.315 e. The van der Waals surface area contributed by atoms with E-state index in [0.29, 0.717) is 6.04 Å². The molecule has 2 heteroatoms. The summed E-state index contributed by atoms with van der Waals surface area (Å²) in [6, 6.07) is 2.21. The van der Waals surface area contributed by atoms with Gasteiger partial charge in [-0.25, -0.2) is 0 Å². The molecule has 1 aliphatic rings. The Bertz CT molecular complexity index is 223. The first kappa shape index (κ1) is 17.0. The molecule has 0 spiro atoms. The minimum absolute atomic E-state index is 0.696. The van der Waals surface area contributed by atoms with Crippen LogP contribution in [-0.2, 0) is 0 Å². The van der Waals surface area contributed by atoms with Crippen LogP contribution in [0.3, 0.4) is 0 Å². The molecule has 0 aliphatic heterocycles. The molecule has 1 rings (SSSR count). The Kier molecular flexibility index (Phi) is 8.01. The highest BCUT2D eigenvalue weighted by molar-refractivity contribution is 4.89. The van der Waals surface area contributed by atoms with E-state index in [1.807, 2.05) is 0 Å². The summed E-state index contributed by atoms with van der Waals surface area (Å²) in [7, 11) is 2.16. The highest BCUT2D eigenvalue weighted by atomic mass is 15.2. The third kappa shape index (κ3) is 5.07. The monoisotopic (exact) mass is 268 g/mol.